The third-order valence-electron chi connectivity index (χ3n) is 3.55. The fourth-order valence-corrected chi connectivity index (χ4v) is 2.56. The number of aromatic nitrogens is 2. The minimum atomic E-state index is 0.512. The van der Waals surface area contributed by atoms with Crippen LogP contribution in [0.2, 0.25) is 0 Å². The van der Waals surface area contributed by atoms with Crippen molar-refractivity contribution in [2.75, 3.05) is 11.6 Å². The lowest BCUT2D eigenvalue weighted by Gasteiger charge is -2.30. The second-order valence-electron chi connectivity index (χ2n) is 4.81. The van der Waals surface area contributed by atoms with Crippen LogP contribution in [0.5, 0.6) is 5.75 Å². The van der Waals surface area contributed by atoms with Crippen LogP contribution in [0.1, 0.15) is 5.56 Å². The Morgan fingerprint density at radius 3 is 2.95 bits per heavy atom. The summed E-state index contributed by atoms with van der Waals surface area (Å²) in [5.74, 6) is 1.88. The van der Waals surface area contributed by atoms with Crippen molar-refractivity contribution >= 4 is 16.6 Å². The van der Waals surface area contributed by atoms with Gasteiger partial charge in [0, 0.05) is 29.5 Å². The molecule has 0 bridgehead atoms. The van der Waals surface area contributed by atoms with Gasteiger partial charge in [-0.1, -0.05) is 18.2 Å². The first-order valence-electron chi connectivity index (χ1n) is 6.56. The van der Waals surface area contributed by atoms with Gasteiger partial charge in [0.05, 0.1) is 6.54 Å². The van der Waals surface area contributed by atoms with Crippen molar-refractivity contribution in [3.63, 3.8) is 0 Å². The lowest BCUT2D eigenvalue weighted by atomic mass is 10.1. The van der Waals surface area contributed by atoms with Gasteiger partial charge in [0.1, 0.15) is 11.6 Å². The molecule has 0 fully saturated rings. The molecule has 3 heterocycles. The van der Waals surface area contributed by atoms with E-state index in [0.29, 0.717) is 6.73 Å². The Labute approximate surface area is 116 Å². The molecule has 1 aliphatic rings. The highest BCUT2D eigenvalue weighted by molar-refractivity contribution is 5.89. The molecule has 4 nitrogen and oxygen atoms in total. The topological polar surface area (TPSA) is 38.2 Å². The molecule has 0 spiro atoms. The summed E-state index contributed by atoms with van der Waals surface area (Å²) >= 11 is 0. The van der Waals surface area contributed by atoms with Gasteiger partial charge in [0.15, 0.2) is 6.73 Å². The summed E-state index contributed by atoms with van der Waals surface area (Å²) in [6.45, 7) is 1.31. The van der Waals surface area contributed by atoms with Crippen molar-refractivity contribution in [1.82, 2.24) is 9.97 Å². The minimum Gasteiger partial charge on any atom is -0.472 e. The van der Waals surface area contributed by atoms with Gasteiger partial charge >= 0.3 is 0 Å². The highest BCUT2D eigenvalue weighted by Gasteiger charge is 2.20. The monoisotopic (exact) mass is 263 g/mol. The average molecular weight is 263 g/mol. The number of ether oxygens (including phenoxy) is 1. The van der Waals surface area contributed by atoms with Crippen molar-refractivity contribution in [2.24, 2.45) is 0 Å². The number of rotatable bonds is 1. The van der Waals surface area contributed by atoms with Crippen LogP contribution in [-0.4, -0.2) is 16.7 Å². The second-order valence-corrected chi connectivity index (χ2v) is 4.81. The van der Waals surface area contributed by atoms with Crippen LogP contribution in [0.15, 0.2) is 55.0 Å². The van der Waals surface area contributed by atoms with E-state index in [1.54, 1.807) is 12.4 Å². The molecule has 2 aromatic heterocycles. The van der Waals surface area contributed by atoms with Crippen LogP contribution in [0.25, 0.3) is 10.8 Å². The standard InChI is InChI=1S/C16H13N3O/c1-2-7-18-15(3-1)19-10-13-5-4-12-6-8-17-9-14(12)16(13)20-11-19/h1-9H,10-11H2. The zero-order chi connectivity index (χ0) is 13.4. The number of hydrogen-bond acceptors (Lipinski definition) is 4. The van der Waals surface area contributed by atoms with Gasteiger partial charge in [-0.3, -0.25) is 4.98 Å². The van der Waals surface area contributed by atoms with E-state index in [0.717, 1.165) is 28.9 Å². The highest BCUT2D eigenvalue weighted by atomic mass is 16.5. The molecule has 98 valence electrons. The molecule has 4 rings (SSSR count). The maximum absolute atomic E-state index is 5.95. The highest BCUT2D eigenvalue weighted by Crippen LogP contribution is 2.33. The van der Waals surface area contributed by atoms with Gasteiger partial charge in [-0.25, -0.2) is 4.98 Å². The van der Waals surface area contributed by atoms with Gasteiger partial charge in [-0.15, -0.1) is 0 Å². The van der Waals surface area contributed by atoms with E-state index in [-0.39, 0.29) is 0 Å². The average Bonchev–Trinajstić information content (AvgIpc) is 2.55. The van der Waals surface area contributed by atoms with Gasteiger partial charge < -0.3 is 9.64 Å². The van der Waals surface area contributed by atoms with Gasteiger partial charge in [-0.2, -0.15) is 0 Å². The van der Waals surface area contributed by atoms with Crippen molar-refractivity contribution in [3.8, 4) is 5.75 Å². The maximum Gasteiger partial charge on any atom is 0.162 e. The maximum atomic E-state index is 5.95. The number of benzene rings is 1. The Bertz CT molecular complexity index is 758. The van der Waals surface area contributed by atoms with Crippen LogP contribution in [0, 0.1) is 0 Å². The van der Waals surface area contributed by atoms with E-state index < -0.39 is 0 Å². The summed E-state index contributed by atoms with van der Waals surface area (Å²) in [7, 11) is 0. The van der Waals surface area contributed by atoms with E-state index >= 15 is 0 Å². The molecule has 0 amide bonds. The molecule has 1 aliphatic heterocycles. The van der Waals surface area contributed by atoms with Gasteiger partial charge in [0.25, 0.3) is 0 Å². The fourth-order valence-electron chi connectivity index (χ4n) is 2.56. The summed E-state index contributed by atoms with van der Waals surface area (Å²) in [4.78, 5) is 10.7. The Hall–Kier alpha value is -2.62. The van der Waals surface area contributed by atoms with E-state index in [1.165, 1.54) is 5.56 Å². The minimum absolute atomic E-state index is 0.512. The molecule has 0 aliphatic carbocycles. The Morgan fingerprint density at radius 2 is 2.05 bits per heavy atom. The summed E-state index contributed by atoms with van der Waals surface area (Å²) in [6, 6.07) is 12.1. The zero-order valence-electron chi connectivity index (χ0n) is 10.9. The van der Waals surface area contributed by atoms with E-state index in [9.17, 15) is 0 Å². The van der Waals surface area contributed by atoms with E-state index in [1.807, 2.05) is 30.5 Å². The molecule has 0 N–H and O–H groups in total. The molecule has 3 aromatic rings. The number of pyridine rings is 2. The van der Waals surface area contributed by atoms with Crippen molar-refractivity contribution in [2.45, 2.75) is 6.54 Å². The van der Waals surface area contributed by atoms with Gasteiger partial charge in [0.2, 0.25) is 0 Å². The first kappa shape index (κ1) is 11.2. The second kappa shape index (κ2) is 4.49. The zero-order valence-corrected chi connectivity index (χ0v) is 10.9. The number of hydrogen-bond donors (Lipinski definition) is 0. The van der Waals surface area contributed by atoms with E-state index in [2.05, 4.69) is 27.0 Å². The first-order valence-corrected chi connectivity index (χ1v) is 6.56. The summed E-state index contributed by atoms with van der Waals surface area (Å²) in [5.41, 5.74) is 1.17. The SMILES string of the molecule is c1ccc(N2COc3c(ccc4ccncc34)C2)nc1. The largest absolute Gasteiger partial charge is 0.472 e. The molecule has 0 saturated heterocycles. The lowest BCUT2D eigenvalue weighted by molar-refractivity contribution is 0.292. The molecule has 0 saturated carbocycles. The van der Waals surface area contributed by atoms with Crippen molar-refractivity contribution < 1.29 is 4.74 Å². The molecule has 1 aromatic carbocycles. The Balaban J connectivity index is 1.75. The van der Waals surface area contributed by atoms with Crippen LogP contribution in [0.4, 0.5) is 5.82 Å². The fraction of sp³-hybridized carbons (Fsp3) is 0.125. The summed E-state index contributed by atoms with van der Waals surface area (Å²) < 4.78 is 5.95. The number of nitrogens with zero attached hydrogens (tertiary/aromatic N) is 3. The smallest absolute Gasteiger partial charge is 0.162 e. The van der Waals surface area contributed by atoms with Gasteiger partial charge in [-0.05, 0) is 23.6 Å². The van der Waals surface area contributed by atoms with Crippen molar-refractivity contribution in [3.05, 3.63) is 60.6 Å². The third kappa shape index (κ3) is 1.77. The van der Waals surface area contributed by atoms with E-state index in [4.69, 9.17) is 4.74 Å². The number of anilines is 1. The van der Waals surface area contributed by atoms with Crippen LogP contribution in [0.3, 0.4) is 0 Å². The summed E-state index contributed by atoms with van der Waals surface area (Å²) in [5, 5.41) is 2.23. The molecule has 0 unspecified atom stereocenters. The Morgan fingerprint density at radius 1 is 1.05 bits per heavy atom. The molecular weight excluding hydrogens is 250 g/mol. The van der Waals surface area contributed by atoms with Crippen LogP contribution in [-0.2, 0) is 6.54 Å². The molecule has 4 heteroatoms. The quantitative estimate of drug-likeness (QED) is 0.676. The van der Waals surface area contributed by atoms with Crippen LogP contribution >= 0.6 is 0 Å². The number of fused-ring (bicyclic) bond motifs is 3. The molecular formula is C16H13N3O. The van der Waals surface area contributed by atoms with Crippen molar-refractivity contribution in [1.29, 1.82) is 0 Å². The van der Waals surface area contributed by atoms with Crippen LogP contribution < -0.4 is 9.64 Å². The molecule has 0 radical (unpaired) electrons. The first-order chi connectivity index (χ1) is 9.92. The Kier molecular flexibility index (Phi) is 2.52. The molecule has 20 heavy (non-hydrogen) atoms. The molecule has 0 atom stereocenters. The predicted octanol–water partition coefficient (Wildman–Crippen LogP) is 2.99. The third-order valence-corrected chi connectivity index (χ3v) is 3.55. The lowest BCUT2D eigenvalue weighted by Crippen LogP contribution is -2.32. The predicted molar refractivity (Wildman–Crippen MR) is 77.7 cm³/mol. The normalized spacial score (nSPS) is 13.9. The summed E-state index contributed by atoms with van der Waals surface area (Å²) in [6.07, 6.45) is 5.47.